The molecular formula is C30H31N7O2. The highest BCUT2D eigenvalue weighted by molar-refractivity contribution is 6.03. The van der Waals surface area contributed by atoms with Crippen molar-refractivity contribution in [1.82, 2.24) is 29.8 Å². The summed E-state index contributed by atoms with van der Waals surface area (Å²) < 4.78 is 8.67. The molecule has 3 aromatic heterocycles. The Hall–Kier alpha value is -4.79. The van der Waals surface area contributed by atoms with E-state index in [1.807, 2.05) is 74.6 Å². The zero-order chi connectivity index (χ0) is 27.7. The molecule has 0 aliphatic rings. The van der Waals surface area contributed by atoms with Crippen molar-refractivity contribution in [2.75, 3.05) is 12.4 Å². The number of aromatic nitrogens is 6. The third-order valence-electron chi connectivity index (χ3n) is 6.44. The monoisotopic (exact) mass is 521 g/mol. The summed E-state index contributed by atoms with van der Waals surface area (Å²) in [5.41, 5.74) is 6.90. The van der Waals surface area contributed by atoms with Gasteiger partial charge in [0.15, 0.2) is 0 Å². The highest BCUT2D eigenvalue weighted by atomic mass is 16.5. The van der Waals surface area contributed by atoms with Crippen LogP contribution in [0.25, 0.3) is 22.6 Å². The van der Waals surface area contributed by atoms with Crippen LogP contribution in [0.1, 0.15) is 48.1 Å². The molecule has 9 heteroatoms. The maximum Gasteiger partial charge on any atom is 0.274 e. The van der Waals surface area contributed by atoms with Crippen molar-refractivity contribution in [2.24, 2.45) is 0 Å². The van der Waals surface area contributed by atoms with E-state index in [0.717, 1.165) is 33.8 Å². The quantitative estimate of drug-likeness (QED) is 0.308. The van der Waals surface area contributed by atoms with Crippen molar-refractivity contribution >= 4 is 11.6 Å². The summed E-state index contributed by atoms with van der Waals surface area (Å²) >= 11 is 0. The maximum absolute atomic E-state index is 13.6. The van der Waals surface area contributed by atoms with Crippen LogP contribution < -0.4 is 10.1 Å². The number of methoxy groups -OCH3 is 1. The van der Waals surface area contributed by atoms with Gasteiger partial charge in [-0.3, -0.25) is 9.78 Å². The van der Waals surface area contributed by atoms with E-state index in [4.69, 9.17) is 9.84 Å². The number of pyridine rings is 1. The number of hydrogen-bond acceptors (Lipinski definition) is 6. The minimum atomic E-state index is -0.255. The van der Waals surface area contributed by atoms with Gasteiger partial charge in [-0.05, 0) is 55.8 Å². The van der Waals surface area contributed by atoms with Gasteiger partial charge >= 0.3 is 0 Å². The molecule has 0 fully saturated rings. The number of carbonyl (C=O) groups excluding carboxylic acids is 1. The number of nitrogens with one attached hydrogen (secondary N) is 1. The van der Waals surface area contributed by atoms with Crippen LogP contribution in [0.5, 0.6) is 5.75 Å². The van der Waals surface area contributed by atoms with E-state index in [2.05, 4.69) is 41.4 Å². The second-order valence-corrected chi connectivity index (χ2v) is 10.5. The highest BCUT2D eigenvalue weighted by Crippen LogP contribution is 2.26. The largest absolute Gasteiger partial charge is 0.495 e. The summed E-state index contributed by atoms with van der Waals surface area (Å²) in [5, 5.41) is 16.5. The zero-order valence-electron chi connectivity index (χ0n) is 22.9. The minimum Gasteiger partial charge on any atom is -0.495 e. The number of amides is 1. The van der Waals surface area contributed by atoms with Crippen LogP contribution in [-0.4, -0.2) is 42.8 Å². The number of nitrogens with zero attached hydrogens (tertiary/aromatic N) is 6. The molecule has 5 aromatic rings. The summed E-state index contributed by atoms with van der Waals surface area (Å²) in [7, 11) is 1.60. The Morgan fingerprint density at radius 3 is 2.46 bits per heavy atom. The van der Waals surface area contributed by atoms with E-state index in [0.29, 0.717) is 22.8 Å². The van der Waals surface area contributed by atoms with Crippen LogP contribution in [0.3, 0.4) is 0 Å². The fourth-order valence-corrected chi connectivity index (χ4v) is 4.11. The lowest BCUT2D eigenvalue weighted by molar-refractivity contribution is 0.101. The lowest BCUT2D eigenvalue weighted by atomic mass is 9.92. The molecule has 3 heterocycles. The molecule has 0 atom stereocenters. The zero-order valence-corrected chi connectivity index (χ0v) is 22.9. The molecule has 0 aliphatic carbocycles. The summed E-state index contributed by atoms with van der Waals surface area (Å²) in [6.07, 6.45) is 5.18. The molecule has 0 aliphatic heterocycles. The second-order valence-electron chi connectivity index (χ2n) is 10.5. The van der Waals surface area contributed by atoms with Crippen molar-refractivity contribution in [2.45, 2.75) is 40.0 Å². The van der Waals surface area contributed by atoms with Gasteiger partial charge in [0, 0.05) is 22.9 Å². The van der Waals surface area contributed by atoms with E-state index >= 15 is 0 Å². The minimum absolute atomic E-state index is 0.217. The van der Waals surface area contributed by atoms with Crippen molar-refractivity contribution in [1.29, 1.82) is 0 Å². The molecule has 1 N–H and O–H groups in total. The van der Waals surface area contributed by atoms with Gasteiger partial charge in [-0.1, -0.05) is 49.7 Å². The lowest BCUT2D eigenvalue weighted by Gasteiger charge is -2.14. The molecule has 0 saturated heterocycles. The molecule has 2 aromatic carbocycles. The van der Waals surface area contributed by atoms with E-state index in [1.165, 1.54) is 0 Å². The molecular weight excluding hydrogens is 490 g/mol. The molecule has 198 valence electrons. The third-order valence-corrected chi connectivity index (χ3v) is 6.44. The Morgan fingerprint density at radius 1 is 0.974 bits per heavy atom. The van der Waals surface area contributed by atoms with Crippen LogP contribution >= 0.6 is 0 Å². The van der Waals surface area contributed by atoms with Crippen LogP contribution in [0.2, 0.25) is 0 Å². The number of anilines is 1. The first-order valence-corrected chi connectivity index (χ1v) is 12.6. The average molecular weight is 522 g/mol. The Bertz CT molecular complexity index is 1640. The first-order valence-electron chi connectivity index (χ1n) is 12.6. The van der Waals surface area contributed by atoms with Gasteiger partial charge in [-0.25, -0.2) is 9.36 Å². The second kappa shape index (κ2) is 10.2. The van der Waals surface area contributed by atoms with Gasteiger partial charge in [0.1, 0.15) is 17.1 Å². The normalized spacial score (nSPS) is 11.4. The Balaban J connectivity index is 1.45. The molecule has 9 nitrogen and oxygen atoms in total. The molecule has 0 unspecified atom stereocenters. The molecule has 39 heavy (non-hydrogen) atoms. The number of aryl methyl sites for hydroxylation is 2. The number of benzene rings is 2. The number of hydrogen-bond donors (Lipinski definition) is 1. The molecule has 5 rings (SSSR count). The maximum atomic E-state index is 13.6. The smallest absolute Gasteiger partial charge is 0.274 e. The summed E-state index contributed by atoms with van der Waals surface area (Å²) in [4.78, 5) is 17.8. The van der Waals surface area contributed by atoms with Gasteiger partial charge in [0.25, 0.3) is 5.91 Å². The predicted octanol–water partition coefficient (Wildman–Crippen LogP) is 5.69. The van der Waals surface area contributed by atoms with Crippen molar-refractivity contribution < 1.29 is 9.53 Å². The van der Waals surface area contributed by atoms with Gasteiger partial charge < -0.3 is 10.1 Å². The molecule has 0 bridgehead atoms. The summed E-state index contributed by atoms with van der Waals surface area (Å²) in [6.45, 7) is 10.3. The van der Waals surface area contributed by atoms with Crippen molar-refractivity contribution in [3.05, 3.63) is 95.7 Å². The number of rotatable bonds is 6. The topological polar surface area (TPSA) is 99.8 Å². The first kappa shape index (κ1) is 25.8. The van der Waals surface area contributed by atoms with Gasteiger partial charge in [0.05, 0.1) is 36.6 Å². The summed E-state index contributed by atoms with van der Waals surface area (Å²) in [6, 6.07) is 17.4. The van der Waals surface area contributed by atoms with Crippen LogP contribution in [0.15, 0.2) is 73.2 Å². The van der Waals surface area contributed by atoms with E-state index in [-0.39, 0.29) is 11.3 Å². The van der Waals surface area contributed by atoms with E-state index < -0.39 is 0 Å². The lowest BCUT2D eigenvalue weighted by Crippen LogP contribution is -2.17. The average Bonchev–Trinajstić information content (AvgIpc) is 3.59. The summed E-state index contributed by atoms with van der Waals surface area (Å²) in [5.74, 6) is 0.387. The fourth-order valence-electron chi connectivity index (χ4n) is 4.11. The van der Waals surface area contributed by atoms with Crippen LogP contribution in [-0.2, 0) is 5.41 Å². The van der Waals surface area contributed by atoms with Gasteiger partial charge in [-0.2, -0.15) is 5.10 Å². The molecule has 1 amide bonds. The molecule has 0 spiro atoms. The molecule has 0 radical (unpaired) electrons. The fraction of sp³-hybridized carbons (Fsp3) is 0.233. The third kappa shape index (κ3) is 5.43. The van der Waals surface area contributed by atoms with Crippen molar-refractivity contribution in [3.8, 4) is 28.4 Å². The Morgan fingerprint density at radius 2 is 1.74 bits per heavy atom. The van der Waals surface area contributed by atoms with Gasteiger partial charge in [-0.15, -0.1) is 5.10 Å². The van der Waals surface area contributed by atoms with Crippen LogP contribution in [0.4, 0.5) is 5.69 Å². The highest BCUT2D eigenvalue weighted by Gasteiger charge is 2.24. The SMILES string of the molecule is COc1cncc(-c2cn(-c3cc(NC(=O)c4cc(C(C)(C)C)nn4-c4ccc(C)cc4)ccc3C)nn2)c1. The predicted molar refractivity (Wildman–Crippen MR) is 151 cm³/mol. The van der Waals surface area contributed by atoms with Crippen molar-refractivity contribution in [3.63, 3.8) is 0 Å². The number of carbonyl (C=O) groups is 1. The Labute approximate surface area is 227 Å². The number of ether oxygens (including phenoxy) is 1. The van der Waals surface area contributed by atoms with Gasteiger partial charge in [0.2, 0.25) is 0 Å². The van der Waals surface area contributed by atoms with E-state index in [1.54, 1.807) is 28.9 Å². The first-order chi connectivity index (χ1) is 18.6. The molecule has 0 saturated carbocycles. The van der Waals surface area contributed by atoms with E-state index in [9.17, 15) is 4.79 Å². The Kier molecular flexibility index (Phi) is 6.74. The standard InChI is InChI=1S/C30H31N7O2/c1-19-7-11-23(12-8-19)37-27(15-28(34-37)30(3,4)5)29(38)32-22-10-9-20(2)26(14-22)36-18-25(33-35-36)21-13-24(39-6)17-31-16-21/h7-18H,1-6H3,(H,32,38). The van der Waals surface area contributed by atoms with Crippen LogP contribution in [0, 0.1) is 13.8 Å².